The number of fused-ring (bicyclic) bond motifs is 1. The van der Waals surface area contributed by atoms with Crippen LogP contribution < -0.4 is 10.2 Å². The number of anilines is 1. The minimum absolute atomic E-state index is 0.0120. The fourth-order valence-electron chi connectivity index (χ4n) is 3.59. The third-order valence-electron chi connectivity index (χ3n) is 5.33. The van der Waals surface area contributed by atoms with Crippen molar-refractivity contribution in [2.75, 3.05) is 44.2 Å². The zero-order chi connectivity index (χ0) is 20.4. The molecule has 1 saturated heterocycles. The van der Waals surface area contributed by atoms with Gasteiger partial charge in [0.2, 0.25) is 0 Å². The summed E-state index contributed by atoms with van der Waals surface area (Å²) in [6.07, 6.45) is 0. The predicted octanol–water partition coefficient (Wildman–Crippen LogP) is 4.12. The van der Waals surface area contributed by atoms with Crippen LogP contribution >= 0.6 is 22.9 Å². The van der Waals surface area contributed by atoms with Crippen molar-refractivity contribution >= 4 is 44.2 Å². The van der Waals surface area contributed by atoms with E-state index >= 15 is 0 Å². The van der Waals surface area contributed by atoms with Crippen molar-refractivity contribution in [3.05, 3.63) is 58.1 Å². The van der Waals surface area contributed by atoms with Crippen LogP contribution in [0.2, 0.25) is 5.02 Å². The highest BCUT2D eigenvalue weighted by Gasteiger charge is 2.20. The Balaban J connectivity index is 1.26. The van der Waals surface area contributed by atoms with Crippen LogP contribution in [-0.4, -0.2) is 55.1 Å². The van der Waals surface area contributed by atoms with Gasteiger partial charge in [0.15, 0.2) is 5.13 Å². The first-order valence-corrected chi connectivity index (χ1v) is 11.1. The number of nitrogens with one attached hydrogen (secondary N) is 1. The Hall–Kier alpha value is -2.15. The molecule has 1 N–H and O–H groups in total. The molecule has 1 aromatic heterocycles. The molecule has 0 atom stereocenters. The minimum Gasteiger partial charge on any atom is -0.351 e. The topological polar surface area (TPSA) is 48.5 Å². The van der Waals surface area contributed by atoms with Crippen LogP contribution in [0.3, 0.4) is 0 Å². The van der Waals surface area contributed by atoms with Gasteiger partial charge in [-0.15, -0.1) is 0 Å². The Kier molecular flexibility index (Phi) is 6.04. The lowest BCUT2D eigenvalue weighted by molar-refractivity contribution is 0.0947. The van der Waals surface area contributed by atoms with Crippen molar-refractivity contribution in [2.24, 2.45) is 0 Å². The van der Waals surface area contributed by atoms with Gasteiger partial charge in [0.05, 0.1) is 10.2 Å². The van der Waals surface area contributed by atoms with E-state index in [0.29, 0.717) is 6.54 Å². The molecule has 2 aromatic carbocycles. The number of nitrogens with zero attached hydrogens (tertiary/aromatic N) is 3. The maximum atomic E-state index is 12.5. The number of benzene rings is 2. The lowest BCUT2D eigenvalue weighted by atomic mass is 10.1. The second-order valence-corrected chi connectivity index (χ2v) is 8.96. The highest BCUT2D eigenvalue weighted by Crippen LogP contribution is 2.31. The molecule has 0 aliphatic carbocycles. The number of hydrogen-bond donors (Lipinski definition) is 1. The predicted molar refractivity (Wildman–Crippen MR) is 122 cm³/mol. The molecule has 1 fully saturated rings. The van der Waals surface area contributed by atoms with Gasteiger partial charge in [-0.3, -0.25) is 9.69 Å². The van der Waals surface area contributed by atoms with Crippen molar-refractivity contribution in [2.45, 2.75) is 13.8 Å². The van der Waals surface area contributed by atoms with E-state index < -0.39 is 0 Å². The van der Waals surface area contributed by atoms with Crippen LogP contribution in [0.25, 0.3) is 10.2 Å². The number of carbonyl (C=O) groups excluding carboxylic acids is 1. The number of rotatable bonds is 5. The Morgan fingerprint density at radius 1 is 1.14 bits per heavy atom. The number of aryl methyl sites for hydroxylation is 2. The van der Waals surface area contributed by atoms with Crippen LogP contribution in [0.1, 0.15) is 21.5 Å². The minimum atomic E-state index is 0.0120. The normalized spacial score (nSPS) is 15.1. The number of hydrogen-bond acceptors (Lipinski definition) is 5. The van der Waals surface area contributed by atoms with Crippen molar-refractivity contribution in [3.8, 4) is 0 Å². The number of halogens is 1. The Labute approximate surface area is 180 Å². The lowest BCUT2D eigenvalue weighted by Crippen LogP contribution is -2.48. The van der Waals surface area contributed by atoms with Crippen molar-refractivity contribution < 1.29 is 4.79 Å². The highest BCUT2D eigenvalue weighted by atomic mass is 35.5. The van der Waals surface area contributed by atoms with Gasteiger partial charge < -0.3 is 10.2 Å². The standard InChI is InChI=1S/C22H25ClN4OS/c1-15-3-4-16(2)18(13-15)21(28)24-7-8-26-9-11-27(12-10-26)22-25-19-6-5-17(23)14-20(19)29-22/h3-6,13-14H,7-12H2,1-2H3,(H,24,28). The zero-order valence-electron chi connectivity index (χ0n) is 16.7. The summed E-state index contributed by atoms with van der Waals surface area (Å²) in [6.45, 7) is 9.33. The van der Waals surface area contributed by atoms with E-state index in [2.05, 4.69) is 15.1 Å². The summed E-state index contributed by atoms with van der Waals surface area (Å²) in [5.41, 5.74) is 3.89. The van der Waals surface area contributed by atoms with E-state index in [0.717, 1.165) is 69.8 Å². The molecule has 4 rings (SSSR count). The summed E-state index contributed by atoms with van der Waals surface area (Å²) in [5.74, 6) is 0.0120. The smallest absolute Gasteiger partial charge is 0.251 e. The van der Waals surface area contributed by atoms with Crippen LogP contribution in [0.4, 0.5) is 5.13 Å². The van der Waals surface area contributed by atoms with E-state index in [1.807, 2.05) is 50.2 Å². The SMILES string of the molecule is Cc1ccc(C)c(C(=O)NCCN2CCN(c3nc4ccc(Cl)cc4s3)CC2)c1. The molecule has 0 spiro atoms. The van der Waals surface area contributed by atoms with Gasteiger partial charge in [-0.1, -0.05) is 40.6 Å². The monoisotopic (exact) mass is 428 g/mol. The molecule has 1 amide bonds. The number of piperazine rings is 1. The number of amides is 1. The molecule has 0 unspecified atom stereocenters. The third-order valence-corrected chi connectivity index (χ3v) is 6.65. The Morgan fingerprint density at radius 3 is 2.72 bits per heavy atom. The van der Waals surface area contributed by atoms with Gasteiger partial charge in [0.25, 0.3) is 5.91 Å². The molecular weight excluding hydrogens is 404 g/mol. The molecule has 7 heteroatoms. The second kappa shape index (κ2) is 8.69. The molecular formula is C22H25ClN4OS. The van der Waals surface area contributed by atoms with Crippen molar-refractivity contribution in [1.82, 2.24) is 15.2 Å². The van der Waals surface area contributed by atoms with Gasteiger partial charge in [0, 0.05) is 49.9 Å². The Morgan fingerprint density at radius 2 is 1.93 bits per heavy atom. The van der Waals surface area contributed by atoms with E-state index in [1.54, 1.807) is 11.3 Å². The molecule has 5 nitrogen and oxygen atoms in total. The van der Waals surface area contributed by atoms with Gasteiger partial charge in [-0.25, -0.2) is 4.98 Å². The van der Waals surface area contributed by atoms with E-state index in [4.69, 9.17) is 16.6 Å². The molecule has 152 valence electrons. The Bertz CT molecular complexity index is 1030. The summed E-state index contributed by atoms with van der Waals surface area (Å²) in [4.78, 5) is 21.9. The quantitative estimate of drug-likeness (QED) is 0.664. The van der Waals surface area contributed by atoms with Gasteiger partial charge in [0.1, 0.15) is 0 Å². The third kappa shape index (κ3) is 4.71. The fourth-order valence-corrected chi connectivity index (χ4v) is 4.88. The largest absolute Gasteiger partial charge is 0.351 e. The zero-order valence-corrected chi connectivity index (χ0v) is 18.3. The fraction of sp³-hybridized carbons (Fsp3) is 0.364. The average Bonchev–Trinajstić information content (AvgIpc) is 3.13. The van der Waals surface area contributed by atoms with E-state index in [-0.39, 0.29) is 5.91 Å². The summed E-state index contributed by atoms with van der Waals surface area (Å²) in [7, 11) is 0. The number of carbonyl (C=O) groups is 1. The maximum absolute atomic E-state index is 12.5. The maximum Gasteiger partial charge on any atom is 0.251 e. The molecule has 1 aliphatic rings. The summed E-state index contributed by atoms with van der Waals surface area (Å²) in [6, 6.07) is 11.8. The summed E-state index contributed by atoms with van der Waals surface area (Å²) < 4.78 is 1.13. The van der Waals surface area contributed by atoms with E-state index in [9.17, 15) is 4.79 Å². The first-order chi connectivity index (χ1) is 14.0. The highest BCUT2D eigenvalue weighted by molar-refractivity contribution is 7.22. The molecule has 1 aliphatic heterocycles. The summed E-state index contributed by atoms with van der Waals surface area (Å²) >= 11 is 7.78. The van der Waals surface area contributed by atoms with Crippen molar-refractivity contribution in [1.29, 1.82) is 0 Å². The van der Waals surface area contributed by atoms with Crippen LogP contribution in [0.15, 0.2) is 36.4 Å². The van der Waals surface area contributed by atoms with Gasteiger partial charge >= 0.3 is 0 Å². The molecule has 3 aromatic rings. The van der Waals surface area contributed by atoms with E-state index in [1.165, 1.54) is 0 Å². The van der Waals surface area contributed by atoms with Crippen LogP contribution in [0.5, 0.6) is 0 Å². The van der Waals surface area contributed by atoms with Gasteiger partial charge in [-0.2, -0.15) is 0 Å². The summed E-state index contributed by atoms with van der Waals surface area (Å²) in [5, 5.41) is 4.87. The van der Waals surface area contributed by atoms with Gasteiger partial charge in [-0.05, 0) is 43.7 Å². The molecule has 29 heavy (non-hydrogen) atoms. The second-order valence-electron chi connectivity index (χ2n) is 7.51. The van der Waals surface area contributed by atoms with Crippen LogP contribution in [-0.2, 0) is 0 Å². The number of aromatic nitrogens is 1. The average molecular weight is 429 g/mol. The molecule has 0 saturated carbocycles. The van der Waals surface area contributed by atoms with Crippen LogP contribution in [0, 0.1) is 13.8 Å². The molecule has 0 bridgehead atoms. The number of thiazole rings is 1. The first-order valence-electron chi connectivity index (χ1n) is 9.88. The lowest BCUT2D eigenvalue weighted by Gasteiger charge is -2.34. The molecule has 2 heterocycles. The molecule has 0 radical (unpaired) electrons. The van der Waals surface area contributed by atoms with Crippen molar-refractivity contribution in [3.63, 3.8) is 0 Å². The first kappa shape index (κ1) is 20.1.